The molecule has 22 heavy (non-hydrogen) atoms. The van der Waals surface area contributed by atoms with E-state index in [2.05, 4.69) is 16.0 Å². The number of aryl methyl sites for hydroxylation is 1. The summed E-state index contributed by atoms with van der Waals surface area (Å²) < 4.78 is 5.97. The lowest BCUT2D eigenvalue weighted by molar-refractivity contribution is 0.0994. The lowest BCUT2D eigenvalue weighted by Gasteiger charge is -2.18. The molecule has 5 heteroatoms. The molecule has 1 aliphatic rings. The van der Waals surface area contributed by atoms with Crippen LogP contribution in [0.25, 0.3) is 0 Å². The van der Waals surface area contributed by atoms with Crippen molar-refractivity contribution in [3.63, 3.8) is 0 Å². The van der Waals surface area contributed by atoms with Crippen molar-refractivity contribution in [2.45, 2.75) is 19.4 Å². The highest BCUT2D eigenvalue weighted by atomic mass is 16.5. The highest BCUT2D eigenvalue weighted by Crippen LogP contribution is 2.24. The fourth-order valence-electron chi connectivity index (χ4n) is 2.63. The van der Waals surface area contributed by atoms with Crippen molar-refractivity contribution in [3.05, 3.63) is 53.7 Å². The molecular weight excluding hydrogens is 278 g/mol. The van der Waals surface area contributed by atoms with Crippen LogP contribution in [-0.2, 0) is 0 Å². The van der Waals surface area contributed by atoms with E-state index >= 15 is 0 Å². The quantitative estimate of drug-likeness (QED) is 0.939. The average Bonchev–Trinajstić information content (AvgIpc) is 2.97. The summed E-state index contributed by atoms with van der Waals surface area (Å²) in [5.41, 5.74) is 6.95. The minimum atomic E-state index is -0.467. The van der Waals surface area contributed by atoms with E-state index in [9.17, 15) is 4.79 Å². The Hall–Kier alpha value is -2.56. The molecule has 1 amide bonds. The van der Waals surface area contributed by atoms with Crippen molar-refractivity contribution in [2.24, 2.45) is 5.73 Å². The number of pyridine rings is 1. The van der Waals surface area contributed by atoms with Crippen molar-refractivity contribution < 1.29 is 9.53 Å². The van der Waals surface area contributed by atoms with Crippen molar-refractivity contribution >= 4 is 11.7 Å². The van der Waals surface area contributed by atoms with Gasteiger partial charge in [0.2, 0.25) is 0 Å². The number of hydrogen-bond acceptors (Lipinski definition) is 4. The summed E-state index contributed by atoms with van der Waals surface area (Å²) >= 11 is 0. The van der Waals surface area contributed by atoms with E-state index in [1.54, 1.807) is 18.2 Å². The molecule has 5 nitrogen and oxygen atoms in total. The van der Waals surface area contributed by atoms with Gasteiger partial charge in [0.05, 0.1) is 12.1 Å². The SMILES string of the molecule is Cc1ccc(N2CC[C@@H](Oc3ccccc3C(N)=O)C2)nc1. The average molecular weight is 297 g/mol. The van der Waals surface area contributed by atoms with Gasteiger partial charge in [-0.3, -0.25) is 4.79 Å². The van der Waals surface area contributed by atoms with Gasteiger partial charge in [-0.25, -0.2) is 4.98 Å². The maximum atomic E-state index is 11.4. The Morgan fingerprint density at radius 3 is 2.86 bits per heavy atom. The first-order chi connectivity index (χ1) is 10.6. The zero-order chi connectivity index (χ0) is 15.5. The maximum Gasteiger partial charge on any atom is 0.252 e. The summed E-state index contributed by atoms with van der Waals surface area (Å²) in [6.45, 7) is 3.66. The van der Waals surface area contributed by atoms with Crippen LogP contribution in [-0.4, -0.2) is 30.1 Å². The Morgan fingerprint density at radius 2 is 2.14 bits per heavy atom. The fraction of sp³-hybridized carbons (Fsp3) is 0.294. The van der Waals surface area contributed by atoms with E-state index in [0.29, 0.717) is 11.3 Å². The smallest absolute Gasteiger partial charge is 0.252 e. The normalized spacial score (nSPS) is 17.5. The van der Waals surface area contributed by atoms with Crippen LogP contribution >= 0.6 is 0 Å². The summed E-state index contributed by atoms with van der Waals surface area (Å²) in [4.78, 5) is 18.1. The van der Waals surface area contributed by atoms with Gasteiger partial charge in [0.15, 0.2) is 0 Å². The number of carbonyl (C=O) groups is 1. The van der Waals surface area contributed by atoms with Gasteiger partial charge >= 0.3 is 0 Å². The van der Waals surface area contributed by atoms with E-state index in [-0.39, 0.29) is 6.10 Å². The van der Waals surface area contributed by atoms with Crippen molar-refractivity contribution in [1.82, 2.24) is 4.98 Å². The molecule has 0 aliphatic carbocycles. The second-order valence-electron chi connectivity index (χ2n) is 5.53. The first-order valence-corrected chi connectivity index (χ1v) is 7.36. The van der Waals surface area contributed by atoms with Gasteiger partial charge in [0.25, 0.3) is 5.91 Å². The number of para-hydroxylation sites is 1. The van der Waals surface area contributed by atoms with Gasteiger partial charge in [-0.2, -0.15) is 0 Å². The number of amides is 1. The maximum absolute atomic E-state index is 11.4. The lowest BCUT2D eigenvalue weighted by Crippen LogP contribution is -2.26. The van der Waals surface area contributed by atoms with Gasteiger partial charge in [-0.1, -0.05) is 18.2 Å². The van der Waals surface area contributed by atoms with E-state index in [1.165, 1.54) is 0 Å². The van der Waals surface area contributed by atoms with Gasteiger partial charge < -0.3 is 15.4 Å². The van der Waals surface area contributed by atoms with Crippen molar-refractivity contribution in [2.75, 3.05) is 18.0 Å². The Kier molecular flexibility index (Phi) is 3.96. The third-order valence-corrected chi connectivity index (χ3v) is 3.81. The van der Waals surface area contributed by atoms with Crippen LogP contribution in [0.15, 0.2) is 42.6 Å². The number of nitrogens with two attached hydrogens (primary N) is 1. The monoisotopic (exact) mass is 297 g/mol. The standard InChI is InChI=1S/C17H19N3O2/c1-12-6-7-16(19-10-12)20-9-8-13(11-20)22-15-5-3-2-4-14(15)17(18)21/h2-7,10,13H,8-9,11H2,1H3,(H2,18,21)/t13-/m1/s1. The number of ether oxygens (including phenoxy) is 1. The number of anilines is 1. The Labute approximate surface area is 129 Å². The molecule has 1 atom stereocenters. The van der Waals surface area contributed by atoms with Gasteiger partial charge in [-0.15, -0.1) is 0 Å². The largest absolute Gasteiger partial charge is 0.488 e. The zero-order valence-electron chi connectivity index (χ0n) is 12.5. The molecule has 1 aromatic heterocycles. The number of nitrogens with zero attached hydrogens (tertiary/aromatic N) is 2. The number of primary amides is 1. The minimum absolute atomic E-state index is 0.0311. The molecule has 0 radical (unpaired) electrons. The van der Waals surface area contributed by atoms with Gasteiger partial charge in [-0.05, 0) is 30.7 Å². The molecule has 2 N–H and O–H groups in total. The third-order valence-electron chi connectivity index (χ3n) is 3.81. The summed E-state index contributed by atoms with van der Waals surface area (Å²) in [7, 11) is 0. The lowest BCUT2D eigenvalue weighted by atomic mass is 10.2. The molecule has 0 bridgehead atoms. The summed E-state index contributed by atoms with van der Waals surface area (Å²) in [5.74, 6) is 1.05. The molecule has 1 saturated heterocycles. The Balaban J connectivity index is 1.69. The Bertz CT molecular complexity index is 670. The highest BCUT2D eigenvalue weighted by Gasteiger charge is 2.26. The molecule has 2 heterocycles. The predicted molar refractivity (Wildman–Crippen MR) is 85.2 cm³/mol. The summed E-state index contributed by atoms with van der Waals surface area (Å²) in [6.07, 6.45) is 2.79. The number of carbonyl (C=O) groups excluding carboxylic acids is 1. The number of hydrogen-bond donors (Lipinski definition) is 1. The fourth-order valence-corrected chi connectivity index (χ4v) is 2.63. The molecule has 0 saturated carbocycles. The zero-order valence-corrected chi connectivity index (χ0v) is 12.5. The third kappa shape index (κ3) is 3.03. The summed E-state index contributed by atoms with van der Waals surface area (Å²) in [6, 6.07) is 11.2. The van der Waals surface area contributed by atoms with Crippen molar-refractivity contribution in [3.8, 4) is 5.75 Å². The van der Waals surface area contributed by atoms with Crippen LogP contribution < -0.4 is 15.4 Å². The molecule has 0 unspecified atom stereocenters. The van der Waals surface area contributed by atoms with Crippen LogP contribution in [0.3, 0.4) is 0 Å². The van der Waals surface area contributed by atoms with E-state index < -0.39 is 5.91 Å². The molecule has 1 fully saturated rings. The topological polar surface area (TPSA) is 68.5 Å². The van der Waals surface area contributed by atoms with Crippen LogP contribution in [0.4, 0.5) is 5.82 Å². The first kappa shape index (κ1) is 14.4. The number of benzene rings is 1. The van der Waals surface area contributed by atoms with Gasteiger partial charge in [0, 0.05) is 19.2 Å². The van der Waals surface area contributed by atoms with Crippen LogP contribution in [0.5, 0.6) is 5.75 Å². The van der Waals surface area contributed by atoms with E-state index in [1.807, 2.05) is 25.3 Å². The number of rotatable bonds is 4. The summed E-state index contributed by atoms with van der Waals surface area (Å²) in [5, 5.41) is 0. The molecule has 2 aromatic rings. The van der Waals surface area contributed by atoms with E-state index in [0.717, 1.165) is 30.9 Å². The van der Waals surface area contributed by atoms with E-state index in [4.69, 9.17) is 10.5 Å². The Morgan fingerprint density at radius 1 is 1.32 bits per heavy atom. The predicted octanol–water partition coefficient (Wildman–Crippen LogP) is 2.15. The second-order valence-corrected chi connectivity index (χ2v) is 5.53. The van der Waals surface area contributed by atoms with Gasteiger partial charge in [0.1, 0.15) is 17.7 Å². The molecule has 3 rings (SSSR count). The molecule has 1 aromatic carbocycles. The van der Waals surface area contributed by atoms with Crippen LogP contribution in [0.2, 0.25) is 0 Å². The minimum Gasteiger partial charge on any atom is -0.488 e. The number of aromatic nitrogens is 1. The molecule has 0 spiro atoms. The molecule has 1 aliphatic heterocycles. The van der Waals surface area contributed by atoms with Crippen LogP contribution in [0.1, 0.15) is 22.3 Å². The van der Waals surface area contributed by atoms with Crippen molar-refractivity contribution in [1.29, 1.82) is 0 Å². The molecule has 114 valence electrons. The molecular formula is C17H19N3O2. The highest BCUT2D eigenvalue weighted by molar-refractivity contribution is 5.95. The second kappa shape index (κ2) is 6.05. The first-order valence-electron chi connectivity index (χ1n) is 7.36. The van der Waals surface area contributed by atoms with Crippen LogP contribution in [0, 0.1) is 6.92 Å².